The number of fused-ring (bicyclic) bond motifs is 10. The van der Waals surface area contributed by atoms with Gasteiger partial charge >= 0.3 is 286 Å². The molecule has 5 aromatic carbocycles. The first kappa shape index (κ1) is 26.7. The van der Waals surface area contributed by atoms with Crippen molar-refractivity contribution in [2.24, 2.45) is 0 Å². The van der Waals surface area contributed by atoms with E-state index in [0.29, 0.717) is 13.7 Å². The molecule has 10 aliphatic rings. The van der Waals surface area contributed by atoms with Crippen molar-refractivity contribution < 1.29 is 20.9 Å². The van der Waals surface area contributed by atoms with Crippen molar-refractivity contribution in [3.63, 3.8) is 0 Å². The van der Waals surface area contributed by atoms with Crippen LogP contribution in [0.2, 0.25) is 42.8 Å². The average Bonchev–Trinajstić information content (AvgIpc) is 4.09. The van der Waals surface area contributed by atoms with Gasteiger partial charge < -0.3 is 0 Å². The number of benzene rings is 5. The van der Waals surface area contributed by atoms with Gasteiger partial charge in [0.2, 0.25) is 0 Å². The van der Waals surface area contributed by atoms with E-state index >= 15 is 0 Å². The second-order valence-corrected chi connectivity index (χ2v) is 47.0. The van der Waals surface area contributed by atoms with E-state index in [4.69, 9.17) is 0 Å². The number of rotatable bonds is 9. The van der Waals surface area contributed by atoms with Crippen LogP contribution in [0.4, 0.5) is 5.69 Å². The van der Waals surface area contributed by atoms with E-state index in [0.717, 1.165) is 78.5 Å². The van der Waals surface area contributed by atoms with Crippen LogP contribution >= 0.6 is 15.5 Å². The van der Waals surface area contributed by atoms with Crippen LogP contribution in [-0.2, 0) is 17.5 Å². The fraction of sp³-hybridized carbons (Fsp3) is 0.302. The summed E-state index contributed by atoms with van der Waals surface area (Å²) in [6, 6.07) is 45.7. The Morgan fingerprint density at radius 1 is 0.660 bits per heavy atom. The van der Waals surface area contributed by atoms with Gasteiger partial charge in [0.25, 0.3) is 0 Å². The van der Waals surface area contributed by atoms with Crippen LogP contribution in [0.5, 0.6) is 0 Å². The van der Waals surface area contributed by atoms with Gasteiger partial charge in [-0.3, -0.25) is 0 Å². The summed E-state index contributed by atoms with van der Waals surface area (Å²) in [7, 11) is -1.10. The zero-order valence-corrected chi connectivity index (χ0v) is 30.8. The fourth-order valence-electron chi connectivity index (χ4n) is 23.3. The van der Waals surface area contributed by atoms with Crippen molar-refractivity contribution in [2.45, 2.75) is 53.3 Å². The summed E-state index contributed by atoms with van der Waals surface area (Å²) < 4.78 is 15.0. The molecule has 0 aliphatic carbocycles. The molecule has 10 fully saturated rings. The number of anilines is 1. The Bertz CT molecular complexity index is 2810. The standard InChI is InChI=1S/C38H34NO3P2.C5H5.Fe/c1-39(2)34-27-31(26-30-20-15-25-35(30)43(32-21-11-5-12-22-32)33-23-13-6-14-24-33)38(44(40,41)42)37(29-18-9-4-10-19-29)36(34)28-16-7-3-8-17-28;1-2-4-5-3-1;/h3-25,27H,26H2,1-2H3,(H2,40,41,42);1-5H;. The number of hydrogen-bond acceptors (Lipinski definition) is 2. The zero-order chi connectivity index (χ0) is 33.3. The van der Waals surface area contributed by atoms with Crippen molar-refractivity contribution in [1.82, 2.24) is 0 Å². The molecule has 15 rings (SSSR count). The van der Waals surface area contributed by atoms with Crippen LogP contribution in [0.25, 0.3) is 22.3 Å². The Morgan fingerprint density at radius 2 is 1.12 bits per heavy atom. The Hall–Kier alpha value is -3.00. The van der Waals surface area contributed by atoms with Crippen LogP contribution in [0.3, 0.4) is 0 Å². The number of hydrogen-bond donors (Lipinski definition) is 2. The van der Waals surface area contributed by atoms with E-state index < -0.39 is 22.0 Å². The molecule has 0 radical (unpaired) electrons. The normalized spacial score (nSPS) is 49.9. The molecule has 2 N–H and O–H groups in total. The van der Waals surface area contributed by atoms with E-state index in [1.54, 1.807) is 10.6 Å². The van der Waals surface area contributed by atoms with Gasteiger partial charge in [0, 0.05) is 0 Å². The first-order valence-corrected chi connectivity index (χ1v) is 27.3. The summed E-state index contributed by atoms with van der Waals surface area (Å²) in [5, 5.41) is 3.40. The van der Waals surface area contributed by atoms with E-state index in [1.165, 1.54) is 0 Å². The molecule has 252 valence electrons. The maximum atomic E-state index is 14.2. The molecule has 10 saturated heterocycles. The first-order valence-electron chi connectivity index (χ1n) is 18.2. The van der Waals surface area contributed by atoms with Crippen molar-refractivity contribution in [1.29, 1.82) is 0 Å². The van der Waals surface area contributed by atoms with Crippen LogP contribution < -0.4 is 20.8 Å². The van der Waals surface area contributed by atoms with Gasteiger partial charge in [-0.1, -0.05) is 0 Å². The Balaban J connectivity index is 1.04. The molecular formula is C43H39FeNO3P2. The molecule has 7 heteroatoms. The molecule has 10 heterocycles. The summed E-state index contributed by atoms with van der Waals surface area (Å²) in [6.07, 6.45) is 0.879. The van der Waals surface area contributed by atoms with Gasteiger partial charge in [0.05, 0.1) is 0 Å². The minimum absolute atomic E-state index is 0.294. The third-order valence-electron chi connectivity index (χ3n) is 22.2. The Morgan fingerprint density at radius 3 is 1.54 bits per heavy atom. The van der Waals surface area contributed by atoms with Gasteiger partial charge in [-0.15, -0.1) is 0 Å². The number of nitrogens with zero attached hydrogens (tertiary/aromatic N) is 1. The molecule has 0 saturated carbocycles. The van der Waals surface area contributed by atoms with Crippen molar-refractivity contribution in [3.8, 4) is 22.3 Å². The minimum atomic E-state index is -4.71. The van der Waals surface area contributed by atoms with Crippen molar-refractivity contribution >= 4 is 37.1 Å². The summed E-state index contributed by atoms with van der Waals surface area (Å²) in [4.78, 5) is 33.7. The summed E-state index contributed by atoms with van der Waals surface area (Å²) in [5.41, 5.74) is 5.51. The molecule has 5 aromatic rings. The summed E-state index contributed by atoms with van der Waals surface area (Å²) >= 11 is 0. The Labute approximate surface area is 284 Å². The molecule has 0 aromatic heterocycles. The van der Waals surface area contributed by atoms with Crippen molar-refractivity contribution in [2.75, 3.05) is 19.0 Å². The molecule has 10 aliphatic heterocycles. The third-order valence-corrected chi connectivity index (χ3v) is 73.6. The first-order chi connectivity index (χ1) is 24.0. The van der Waals surface area contributed by atoms with Crippen LogP contribution in [-0.4, -0.2) is 27.9 Å². The molecule has 1 spiro atoms. The van der Waals surface area contributed by atoms with Gasteiger partial charge in [0.1, 0.15) is 0 Å². The second kappa shape index (κ2) is 4.82. The third kappa shape index (κ3) is 0.889. The molecule has 50 heavy (non-hydrogen) atoms. The molecule has 0 amide bonds. The van der Waals surface area contributed by atoms with E-state index in [1.807, 2.05) is 48.5 Å². The summed E-state index contributed by atoms with van der Waals surface area (Å²) in [6.45, 7) is -4.20. The topological polar surface area (TPSA) is 60.8 Å². The van der Waals surface area contributed by atoms with Crippen molar-refractivity contribution in [3.05, 3.63) is 133 Å². The van der Waals surface area contributed by atoms with Gasteiger partial charge in [-0.2, -0.15) is 0 Å². The molecule has 0 bridgehead atoms. The van der Waals surface area contributed by atoms with Crippen LogP contribution in [0, 0.1) is 0 Å². The quantitative estimate of drug-likeness (QED) is 0.117. The zero-order valence-electron chi connectivity index (χ0n) is 27.9. The second-order valence-electron chi connectivity index (χ2n) is 19.4. The SMILES string of the molecule is CN(C)c1cc(C[C]23[CH]4[CH]5[CH]6[C@]2(P(c2ccccc2)c2ccccc2)[Fe]54632789[CH]3[CH]2[CH]7[CH]8[CH]39)c(P(=O)(O)O)c(-c2ccccc2)c1-c1ccccc1. The molecule has 4 nitrogen and oxygen atoms in total. The Kier molecular flexibility index (Phi) is 2.58. The predicted octanol–water partition coefficient (Wildman–Crippen LogP) is 9.23. The molecule has 4 unspecified atom stereocenters. The molecular weight excluding hydrogens is 696 g/mol. The fourth-order valence-corrected chi connectivity index (χ4v) is 115. The van der Waals surface area contributed by atoms with E-state index in [9.17, 15) is 14.4 Å². The van der Waals surface area contributed by atoms with Crippen LogP contribution in [0.1, 0.15) is 5.56 Å². The van der Waals surface area contributed by atoms with Gasteiger partial charge in [-0.25, -0.2) is 0 Å². The predicted molar refractivity (Wildman–Crippen MR) is 202 cm³/mol. The van der Waals surface area contributed by atoms with Crippen LogP contribution in [0.15, 0.2) is 127 Å². The molecule has 5 atom stereocenters. The monoisotopic (exact) mass is 735 g/mol. The summed E-state index contributed by atoms with van der Waals surface area (Å²) in [5.74, 6) is 0. The average molecular weight is 736 g/mol. The maximum absolute atomic E-state index is 14.2. The van der Waals surface area contributed by atoms with E-state index in [2.05, 4.69) is 97.9 Å². The van der Waals surface area contributed by atoms with Gasteiger partial charge in [-0.05, 0) is 0 Å². The van der Waals surface area contributed by atoms with E-state index in [-0.39, 0.29) is 0 Å². The van der Waals surface area contributed by atoms with Gasteiger partial charge in [0.15, 0.2) is 0 Å².